The van der Waals surface area contributed by atoms with Crippen molar-refractivity contribution in [1.82, 2.24) is 14.9 Å². The van der Waals surface area contributed by atoms with Crippen molar-refractivity contribution >= 4 is 11.5 Å². The Bertz CT molecular complexity index is 1330. The van der Waals surface area contributed by atoms with Crippen molar-refractivity contribution in [3.05, 3.63) is 45.9 Å². The summed E-state index contributed by atoms with van der Waals surface area (Å²) in [5, 5.41) is 16.4. The Hall–Kier alpha value is -3.23. The first-order valence-corrected chi connectivity index (χ1v) is 16.9. The summed E-state index contributed by atoms with van der Waals surface area (Å²) < 4.78 is 12.8. The largest absolute Gasteiger partial charge is 0.398 e. The summed E-state index contributed by atoms with van der Waals surface area (Å²) in [5.41, 5.74) is 12.7. The van der Waals surface area contributed by atoms with Gasteiger partial charge in [0.15, 0.2) is 0 Å². The van der Waals surface area contributed by atoms with E-state index in [4.69, 9.17) is 21.0 Å². The van der Waals surface area contributed by atoms with Gasteiger partial charge in [-0.1, -0.05) is 33.3 Å². The molecule has 0 spiro atoms. The number of nitrogens with two attached hydrogens (primary N) is 1. The lowest BCUT2D eigenvalue weighted by Crippen LogP contribution is -2.34. The van der Waals surface area contributed by atoms with Gasteiger partial charge in [-0.05, 0) is 107 Å². The van der Waals surface area contributed by atoms with E-state index in [1.807, 2.05) is 6.07 Å². The van der Waals surface area contributed by atoms with Gasteiger partial charge >= 0.3 is 0 Å². The number of hydrogen-bond donors (Lipinski definition) is 1. The fraction of sp³-hybridized carbons (Fsp3) is 0.667. The molecule has 1 aliphatic carbocycles. The van der Waals surface area contributed by atoms with Crippen LogP contribution < -0.4 is 10.6 Å². The zero-order chi connectivity index (χ0) is 31.9. The molecule has 0 saturated carbocycles. The molecule has 2 N–H and O–H groups in total. The maximum absolute atomic E-state index is 12.8. The lowest BCUT2D eigenvalue weighted by atomic mass is 9.78. The van der Waals surface area contributed by atoms with Gasteiger partial charge < -0.3 is 10.6 Å². The van der Waals surface area contributed by atoms with Gasteiger partial charge in [0.25, 0.3) is 0 Å². The molecule has 3 aliphatic heterocycles. The molecule has 4 heterocycles. The number of aryl methyl sites for hydroxylation is 2. The Balaban J connectivity index is 0.000000307. The summed E-state index contributed by atoms with van der Waals surface area (Å²) in [6, 6.07) is 6.45. The predicted molar refractivity (Wildman–Crippen MR) is 176 cm³/mol. The van der Waals surface area contributed by atoms with Gasteiger partial charge in [-0.15, -0.1) is 0 Å². The SMILES string of the molecule is C#N.CC12CCCN1CC(F)C2.CCCc1ccc(N)c(C#N)c1C1CCc2c(nc(CC)nc2N2CCCC(C)CC2)C1. The number of halogens is 1. The summed E-state index contributed by atoms with van der Waals surface area (Å²) >= 11 is 0. The van der Waals surface area contributed by atoms with Gasteiger partial charge in [0.2, 0.25) is 0 Å². The number of hydrogen-bond acceptors (Lipinski definition) is 7. The summed E-state index contributed by atoms with van der Waals surface area (Å²) in [6.07, 6.45) is 12.2. The molecule has 44 heavy (non-hydrogen) atoms. The van der Waals surface area contributed by atoms with Crippen molar-refractivity contribution in [1.29, 1.82) is 10.5 Å². The van der Waals surface area contributed by atoms with Gasteiger partial charge in [0.1, 0.15) is 23.9 Å². The number of nitriles is 2. The van der Waals surface area contributed by atoms with E-state index >= 15 is 0 Å². The normalized spacial score (nSPS) is 26.2. The number of nitrogen functional groups attached to an aromatic ring is 1. The molecule has 3 saturated heterocycles. The second kappa shape index (κ2) is 15.2. The zero-order valence-electron chi connectivity index (χ0n) is 27.4. The first-order chi connectivity index (χ1) is 21.3. The Morgan fingerprint density at radius 3 is 2.61 bits per heavy atom. The molecule has 4 aliphatic rings. The molecule has 0 bridgehead atoms. The average Bonchev–Trinajstić information content (AvgIpc) is 3.42. The molecule has 2 aromatic rings. The van der Waals surface area contributed by atoms with Gasteiger partial charge in [-0.25, -0.2) is 19.6 Å². The van der Waals surface area contributed by atoms with Crippen LogP contribution in [0.4, 0.5) is 15.9 Å². The fourth-order valence-electron chi connectivity index (χ4n) is 7.95. The van der Waals surface area contributed by atoms with E-state index in [2.05, 4.69) is 56.2 Å². The highest BCUT2D eigenvalue weighted by Crippen LogP contribution is 2.41. The summed E-state index contributed by atoms with van der Waals surface area (Å²) in [5.74, 6) is 3.20. The van der Waals surface area contributed by atoms with Crippen molar-refractivity contribution in [3.63, 3.8) is 0 Å². The van der Waals surface area contributed by atoms with Crippen LogP contribution >= 0.6 is 0 Å². The van der Waals surface area contributed by atoms with Crippen LogP contribution in [-0.2, 0) is 25.7 Å². The van der Waals surface area contributed by atoms with Crippen LogP contribution in [0, 0.1) is 29.1 Å². The molecular formula is C36H52FN7. The van der Waals surface area contributed by atoms with Gasteiger partial charge in [-0.2, -0.15) is 5.26 Å². The minimum absolute atomic E-state index is 0.236. The third-order valence-electron chi connectivity index (χ3n) is 10.3. The monoisotopic (exact) mass is 601 g/mol. The maximum Gasteiger partial charge on any atom is 0.135 e. The van der Waals surface area contributed by atoms with Crippen molar-refractivity contribution in [2.45, 2.75) is 122 Å². The molecule has 0 amide bonds. The number of rotatable bonds is 5. The van der Waals surface area contributed by atoms with Crippen LogP contribution in [0.1, 0.15) is 119 Å². The summed E-state index contributed by atoms with van der Waals surface area (Å²) in [4.78, 5) is 14.9. The molecule has 238 valence electrons. The molecule has 8 heteroatoms. The van der Waals surface area contributed by atoms with Crippen molar-refractivity contribution in [3.8, 4) is 12.6 Å². The van der Waals surface area contributed by atoms with Gasteiger partial charge in [0.05, 0.1) is 11.3 Å². The minimum Gasteiger partial charge on any atom is -0.398 e. The smallest absolute Gasteiger partial charge is 0.135 e. The van der Waals surface area contributed by atoms with Crippen molar-refractivity contribution < 1.29 is 4.39 Å². The van der Waals surface area contributed by atoms with Crippen LogP contribution in [0.2, 0.25) is 0 Å². The molecule has 3 fully saturated rings. The molecule has 7 nitrogen and oxygen atoms in total. The van der Waals surface area contributed by atoms with Crippen molar-refractivity contribution in [2.24, 2.45) is 5.92 Å². The van der Waals surface area contributed by atoms with Gasteiger partial charge in [0, 0.05) is 49.4 Å². The van der Waals surface area contributed by atoms with E-state index in [0.29, 0.717) is 23.7 Å². The third-order valence-corrected chi connectivity index (χ3v) is 10.3. The third kappa shape index (κ3) is 7.35. The standard InChI is InChI=1S/C27H37N5.C8H14FN.CHN/c1-4-7-19-10-12-23(29)22(17-28)26(19)20-9-11-21-24(16-20)30-25(5-2)31-27(21)32-14-6-8-18(3)13-15-32;1-8-3-2-4-10(8)6-7(9)5-8;1-2/h10,12,18,20H,4-9,11,13-16,29H2,1-3H3;7H,2-6H2,1H3;1H. The second-order valence-electron chi connectivity index (χ2n) is 13.5. The topological polar surface area (TPSA) is 106 Å². The number of benzene rings is 1. The van der Waals surface area contributed by atoms with E-state index in [9.17, 15) is 9.65 Å². The number of aromatic nitrogens is 2. The molecule has 1 aromatic heterocycles. The lowest BCUT2D eigenvalue weighted by molar-refractivity contribution is 0.217. The summed E-state index contributed by atoms with van der Waals surface area (Å²) in [6.45, 7) is 16.4. The molecule has 0 radical (unpaired) electrons. The lowest BCUT2D eigenvalue weighted by Gasteiger charge is -2.32. The highest BCUT2D eigenvalue weighted by Gasteiger charge is 2.44. The summed E-state index contributed by atoms with van der Waals surface area (Å²) in [7, 11) is 0. The van der Waals surface area contributed by atoms with E-state index in [1.54, 1.807) is 0 Å². The Morgan fingerprint density at radius 2 is 1.91 bits per heavy atom. The second-order valence-corrected chi connectivity index (χ2v) is 13.5. The fourth-order valence-corrected chi connectivity index (χ4v) is 7.95. The number of alkyl halides is 1. The number of fused-ring (bicyclic) bond motifs is 2. The molecule has 4 atom stereocenters. The average molecular weight is 602 g/mol. The van der Waals surface area contributed by atoms with E-state index < -0.39 is 6.17 Å². The van der Waals surface area contributed by atoms with Crippen molar-refractivity contribution in [2.75, 3.05) is 36.8 Å². The maximum atomic E-state index is 12.8. The van der Waals surface area contributed by atoms with E-state index in [-0.39, 0.29) is 5.54 Å². The minimum atomic E-state index is -0.551. The van der Waals surface area contributed by atoms with Crippen LogP contribution in [0.3, 0.4) is 0 Å². The first-order valence-electron chi connectivity index (χ1n) is 16.9. The van der Waals surface area contributed by atoms with Crippen LogP contribution in [0.25, 0.3) is 0 Å². The Kier molecular flexibility index (Phi) is 11.6. The first kappa shape index (κ1) is 33.7. The quantitative estimate of drug-likeness (QED) is 0.366. The Morgan fingerprint density at radius 1 is 1.11 bits per heavy atom. The molecule has 6 rings (SSSR count). The Labute approximate surface area is 264 Å². The van der Waals surface area contributed by atoms with Crippen LogP contribution in [0.5, 0.6) is 0 Å². The molecular weight excluding hydrogens is 549 g/mol. The number of anilines is 2. The molecule has 4 unspecified atom stereocenters. The van der Waals surface area contributed by atoms with E-state index in [1.165, 1.54) is 60.3 Å². The molecule has 1 aromatic carbocycles. The number of nitrogens with zero attached hydrogens (tertiary/aromatic N) is 6. The highest BCUT2D eigenvalue weighted by atomic mass is 19.1. The zero-order valence-corrected chi connectivity index (χ0v) is 27.4. The van der Waals surface area contributed by atoms with Gasteiger partial charge in [-0.3, -0.25) is 4.90 Å². The van der Waals surface area contributed by atoms with Crippen LogP contribution in [-0.4, -0.2) is 52.8 Å². The van der Waals surface area contributed by atoms with Crippen LogP contribution in [0.15, 0.2) is 12.1 Å². The predicted octanol–water partition coefficient (Wildman–Crippen LogP) is 7.07. The van der Waals surface area contributed by atoms with E-state index in [0.717, 1.165) is 76.3 Å². The highest BCUT2D eigenvalue weighted by molar-refractivity contribution is 5.62.